The number of benzene rings is 3. The molecular formula is C35H42F4O4. The van der Waals surface area contributed by atoms with Crippen LogP contribution in [0.15, 0.2) is 54.6 Å². The van der Waals surface area contributed by atoms with E-state index in [2.05, 4.69) is 13.8 Å². The van der Waals surface area contributed by atoms with E-state index in [0.717, 1.165) is 63.9 Å². The zero-order valence-corrected chi connectivity index (χ0v) is 25.1. The first-order valence-corrected chi connectivity index (χ1v) is 15.3. The molecule has 0 aliphatic rings. The minimum Gasteiger partial charge on any atom is -0.490 e. The highest BCUT2D eigenvalue weighted by atomic mass is 19.2. The van der Waals surface area contributed by atoms with Crippen LogP contribution in [0.4, 0.5) is 17.6 Å². The number of carbonyl (C=O) groups excluding carboxylic acids is 1. The number of rotatable bonds is 19. The van der Waals surface area contributed by atoms with Gasteiger partial charge in [-0.25, -0.2) is 18.0 Å². The first-order valence-electron chi connectivity index (χ1n) is 15.3. The number of esters is 1. The fourth-order valence-electron chi connectivity index (χ4n) is 4.61. The maximum Gasteiger partial charge on any atom is 0.346 e. The highest BCUT2D eigenvalue weighted by Gasteiger charge is 2.18. The van der Waals surface area contributed by atoms with Crippen LogP contribution in [0.25, 0.3) is 11.1 Å². The van der Waals surface area contributed by atoms with E-state index in [9.17, 15) is 22.4 Å². The molecule has 0 aliphatic heterocycles. The van der Waals surface area contributed by atoms with E-state index in [1.165, 1.54) is 55.0 Å². The van der Waals surface area contributed by atoms with Crippen LogP contribution < -0.4 is 14.2 Å². The molecule has 0 bridgehead atoms. The monoisotopic (exact) mass is 602 g/mol. The molecule has 4 nitrogen and oxygen atoms in total. The summed E-state index contributed by atoms with van der Waals surface area (Å²) < 4.78 is 74.2. The Morgan fingerprint density at radius 3 is 2.07 bits per heavy atom. The van der Waals surface area contributed by atoms with Gasteiger partial charge < -0.3 is 14.2 Å². The van der Waals surface area contributed by atoms with E-state index in [1.54, 1.807) is 0 Å². The molecule has 1 atom stereocenters. The van der Waals surface area contributed by atoms with Gasteiger partial charge in [-0.3, -0.25) is 0 Å². The molecule has 43 heavy (non-hydrogen) atoms. The van der Waals surface area contributed by atoms with E-state index in [1.807, 2.05) is 0 Å². The second kappa shape index (κ2) is 18.2. The largest absolute Gasteiger partial charge is 0.490 e. The summed E-state index contributed by atoms with van der Waals surface area (Å²) in [6.45, 7) is 4.35. The molecule has 3 rings (SSSR count). The second-order valence-electron chi connectivity index (χ2n) is 10.7. The van der Waals surface area contributed by atoms with Crippen LogP contribution in [0.5, 0.6) is 17.2 Å². The van der Waals surface area contributed by atoms with E-state index in [-0.39, 0.29) is 35.0 Å². The Bertz CT molecular complexity index is 1280. The first-order chi connectivity index (χ1) is 20.8. The molecule has 0 heterocycles. The summed E-state index contributed by atoms with van der Waals surface area (Å²) in [5.74, 6) is -3.83. The van der Waals surface area contributed by atoms with Crippen LogP contribution >= 0.6 is 0 Å². The van der Waals surface area contributed by atoms with Crippen LogP contribution in [-0.4, -0.2) is 25.4 Å². The Morgan fingerprint density at radius 2 is 1.37 bits per heavy atom. The number of ether oxygens (including phenoxy) is 3. The average molecular weight is 603 g/mol. The summed E-state index contributed by atoms with van der Waals surface area (Å²) in [4.78, 5) is 12.6. The predicted octanol–water partition coefficient (Wildman–Crippen LogP) is 10.4. The van der Waals surface area contributed by atoms with Gasteiger partial charge in [0.25, 0.3) is 0 Å². The van der Waals surface area contributed by atoms with Crippen molar-refractivity contribution in [2.75, 3.05) is 13.2 Å². The third-order valence-corrected chi connectivity index (χ3v) is 7.14. The summed E-state index contributed by atoms with van der Waals surface area (Å²) in [5.41, 5.74) is 0.0701. The summed E-state index contributed by atoms with van der Waals surface area (Å²) in [7, 11) is 0. The number of hydrogen-bond donors (Lipinski definition) is 0. The Labute approximate surface area is 252 Å². The normalized spacial score (nSPS) is 11.8. The molecular weight excluding hydrogens is 560 g/mol. The lowest BCUT2D eigenvalue weighted by atomic mass is 10.0. The van der Waals surface area contributed by atoms with E-state index < -0.39 is 29.6 Å². The van der Waals surface area contributed by atoms with Gasteiger partial charge >= 0.3 is 5.97 Å². The molecule has 0 radical (unpaired) electrons. The van der Waals surface area contributed by atoms with Crippen molar-refractivity contribution in [3.05, 3.63) is 77.6 Å². The minimum absolute atomic E-state index is 0.0282. The lowest BCUT2D eigenvalue weighted by Gasteiger charge is -2.12. The maximum absolute atomic E-state index is 14.8. The Hall–Kier alpha value is -3.55. The van der Waals surface area contributed by atoms with Gasteiger partial charge in [-0.1, -0.05) is 83.8 Å². The summed E-state index contributed by atoms with van der Waals surface area (Å²) in [6.07, 6.45) is 9.44. The summed E-state index contributed by atoms with van der Waals surface area (Å²) >= 11 is 0. The van der Waals surface area contributed by atoms with Crippen LogP contribution in [0, 0.1) is 17.5 Å². The summed E-state index contributed by atoms with van der Waals surface area (Å²) in [6, 6.07) is 12.2. The Morgan fingerprint density at radius 1 is 0.721 bits per heavy atom. The van der Waals surface area contributed by atoms with Gasteiger partial charge in [0.1, 0.15) is 30.1 Å². The van der Waals surface area contributed by atoms with Crippen molar-refractivity contribution in [3.63, 3.8) is 0 Å². The molecule has 0 saturated carbocycles. The number of alkyl halides is 1. The molecule has 0 spiro atoms. The predicted molar refractivity (Wildman–Crippen MR) is 161 cm³/mol. The standard InChI is InChI=1S/C35H42F4O4/c1-3-5-7-9-10-12-22-41-32-21-20-29(33(38)34(32)39)25-14-16-27(17-15-25)43-35(40)30-19-18-28(23-31(30)37)42-24-26(36)13-11-8-6-4-2/h14-21,23,26H,3-13,22,24H2,1-2H3/t26-/m0/s1. The molecule has 3 aromatic rings. The van der Waals surface area contributed by atoms with Crippen molar-refractivity contribution in [2.45, 2.75) is 90.6 Å². The van der Waals surface area contributed by atoms with Crippen molar-refractivity contribution >= 4 is 5.97 Å². The molecule has 0 aromatic heterocycles. The van der Waals surface area contributed by atoms with Gasteiger partial charge in [-0.2, -0.15) is 4.39 Å². The maximum atomic E-state index is 14.8. The van der Waals surface area contributed by atoms with Crippen molar-refractivity contribution < 1.29 is 36.6 Å². The van der Waals surface area contributed by atoms with Crippen molar-refractivity contribution in [1.29, 1.82) is 0 Å². The van der Waals surface area contributed by atoms with Crippen LogP contribution in [-0.2, 0) is 0 Å². The van der Waals surface area contributed by atoms with E-state index in [4.69, 9.17) is 14.2 Å². The van der Waals surface area contributed by atoms with Crippen LogP contribution in [0.3, 0.4) is 0 Å². The first kappa shape index (κ1) is 33.9. The second-order valence-corrected chi connectivity index (χ2v) is 10.7. The van der Waals surface area contributed by atoms with Crippen molar-refractivity contribution in [1.82, 2.24) is 0 Å². The van der Waals surface area contributed by atoms with E-state index in [0.29, 0.717) is 18.6 Å². The van der Waals surface area contributed by atoms with Gasteiger partial charge in [0.05, 0.1) is 12.2 Å². The fourth-order valence-corrected chi connectivity index (χ4v) is 4.61. The summed E-state index contributed by atoms with van der Waals surface area (Å²) in [5, 5.41) is 0. The fraction of sp³-hybridized carbons (Fsp3) is 0.457. The highest BCUT2D eigenvalue weighted by molar-refractivity contribution is 5.91. The lowest BCUT2D eigenvalue weighted by Crippen LogP contribution is -2.14. The molecule has 0 aliphatic carbocycles. The zero-order chi connectivity index (χ0) is 31.0. The quantitative estimate of drug-likeness (QED) is 0.0593. The Balaban J connectivity index is 1.52. The van der Waals surface area contributed by atoms with Crippen molar-refractivity contribution in [3.8, 4) is 28.4 Å². The average Bonchev–Trinajstić information content (AvgIpc) is 3.00. The van der Waals surface area contributed by atoms with Crippen LogP contribution in [0.1, 0.15) is 94.8 Å². The van der Waals surface area contributed by atoms with E-state index >= 15 is 0 Å². The number of hydrogen-bond acceptors (Lipinski definition) is 4. The minimum atomic E-state index is -1.15. The molecule has 8 heteroatoms. The number of unbranched alkanes of at least 4 members (excludes halogenated alkanes) is 8. The van der Waals surface area contributed by atoms with Gasteiger partial charge in [-0.15, -0.1) is 0 Å². The van der Waals surface area contributed by atoms with Gasteiger partial charge in [0.2, 0.25) is 5.82 Å². The molecule has 0 saturated heterocycles. The number of carbonyl (C=O) groups is 1. The van der Waals surface area contributed by atoms with Crippen molar-refractivity contribution in [2.24, 2.45) is 0 Å². The molecule has 0 unspecified atom stereocenters. The van der Waals surface area contributed by atoms with Gasteiger partial charge in [-0.05, 0) is 54.8 Å². The Kier molecular flexibility index (Phi) is 14.4. The van der Waals surface area contributed by atoms with Crippen LogP contribution in [0.2, 0.25) is 0 Å². The highest BCUT2D eigenvalue weighted by Crippen LogP contribution is 2.31. The lowest BCUT2D eigenvalue weighted by molar-refractivity contribution is 0.0729. The molecule has 3 aromatic carbocycles. The smallest absolute Gasteiger partial charge is 0.346 e. The molecule has 234 valence electrons. The van der Waals surface area contributed by atoms with Gasteiger partial charge in [0.15, 0.2) is 11.6 Å². The molecule has 0 amide bonds. The SMILES string of the molecule is CCCCCCCCOc1ccc(-c2ccc(OC(=O)c3ccc(OC[C@@H](F)CCCCCC)cc3F)cc2)c(F)c1F. The third-order valence-electron chi connectivity index (χ3n) is 7.14. The molecule has 0 N–H and O–H groups in total. The van der Waals surface area contributed by atoms with Gasteiger partial charge in [0, 0.05) is 11.6 Å². The number of halogens is 4. The molecule has 0 fully saturated rings. The topological polar surface area (TPSA) is 44.8 Å². The zero-order valence-electron chi connectivity index (χ0n) is 25.1. The third kappa shape index (κ3) is 10.9.